The molecule has 0 aromatic carbocycles. The van der Waals surface area contributed by atoms with E-state index in [0.29, 0.717) is 6.42 Å². The number of carbonyl (C=O) groups is 1. The second kappa shape index (κ2) is 5.04. The zero-order chi connectivity index (χ0) is 11.5. The van der Waals surface area contributed by atoms with Crippen LogP contribution in [0, 0.1) is 0 Å². The summed E-state index contributed by atoms with van der Waals surface area (Å²) in [6, 6.07) is 5.55. The first-order valence-corrected chi connectivity index (χ1v) is 6.14. The molecule has 2 aromatic rings. The van der Waals surface area contributed by atoms with E-state index in [-0.39, 0.29) is 11.2 Å². The van der Waals surface area contributed by atoms with Crippen molar-refractivity contribution < 1.29 is 4.79 Å². The molecule has 2 radical (unpaired) electrons. The van der Waals surface area contributed by atoms with Gasteiger partial charge >= 0.3 is 108 Å². The average molecular weight is 295 g/mol. The second-order valence-corrected chi connectivity index (χ2v) is 4.41. The van der Waals surface area contributed by atoms with E-state index in [1.807, 2.05) is 24.4 Å². The Balaban J connectivity index is 2.30. The summed E-state index contributed by atoms with van der Waals surface area (Å²) in [6.45, 7) is 0. The SMILES string of the molecule is O=C(S)C(Cc1cnn2ccccc12)N[As]. The van der Waals surface area contributed by atoms with Crippen molar-refractivity contribution in [2.24, 2.45) is 0 Å². The number of aromatic nitrogens is 2. The molecule has 0 saturated heterocycles. The van der Waals surface area contributed by atoms with Crippen molar-refractivity contribution in [3.63, 3.8) is 0 Å². The Labute approximate surface area is 108 Å². The molecule has 0 spiro atoms. The van der Waals surface area contributed by atoms with Crippen LogP contribution >= 0.6 is 12.6 Å². The molecule has 0 bridgehead atoms. The van der Waals surface area contributed by atoms with E-state index in [2.05, 4.69) is 39.0 Å². The molecular weight excluding hydrogens is 285 g/mol. The van der Waals surface area contributed by atoms with Crippen molar-refractivity contribution in [3.05, 3.63) is 36.2 Å². The van der Waals surface area contributed by atoms with E-state index in [0.717, 1.165) is 11.1 Å². The monoisotopic (exact) mass is 295 g/mol. The fraction of sp³-hybridized carbons (Fsp3) is 0.200. The third-order valence-corrected chi connectivity index (χ3v) is 3.35. The Kier molecular flexibility index (Phi) is 3.69. The first-order valence-electron chi connectivity index (χ1n) is 4.76. The first-order chi connectivity index (χ1) is 7.72. The van der Waals surface area contributed by atoms with Gasteiger partial charge in [0.05, 0.1) is 0 Å². The summed E-state index contributed by atoms with van der Waals surface area (Å²) in [4.78, 5) is 11.2. The van der Waals surface area contributed by atoms with Crippen LogP contribution < -0.4 is 4.23 Å². The van der Waals surface area contributed by atoms with E-state index in [1.165, 1.54) is 0 Å². The van der Waals surface area contributed by atoms with Gasteiger partial charge in [0.1, 0.15) is 0 Å². The predicted molar refractivity (Wildman–Crippen MR) is 65.6 cm³/mol. The second-order valence-electron chi connectivity index (χ2n) is 3.42. The van der Waals surface area contributed by atoms with Gasteiger partial charge in [-0.3, -0.25) is 0 Å². The Morgan fingerprint density at radius 1 is 1.62 bits per heavy atom. The number of pyridine rings is 1. The molecule has 0 fully saturated rings. The van der Waals surface area contributed by atoms with E-state index >= 15 is 0 Å². The summed E-state index contributed by atoms with van der Waals surface area (Å²) in [5, 5.41) is 4.04. The molecule has 1 atom stereocenters. The van der Waals surface area contributed by atoms with Crippen molar-refractivity contribution in [2.75, 3.05) is 0 Å². The molecule has 0 aliphatic carbocycles. The molecule has 0 amide bonds. The number of hydrogen-bond donors (Lipinski definition) is 2. The number of nitrogens with one attached hydrogen (secondary N) is 1. The summed E-state index contributed by atoms with van der Waals surface area (Å²) >= 11 is 6.04. The van der Waals surface area contributed by atoms with Gasteiger partial charge in [-0.25, -0.2) is 0 Å². The molecule has 0 saturated carbocycles. The zero-order valence-corrected chi connectivity index (χ0v) is 11.1. The number of rotatable bonds is 4. The van der Waals surface area contributed by atoms with Crippen molar-refractivity contribution in [1.29, 1.82) is 0 Å². The zero-order valence-electron chi connectivity index (χ0n) is 8.37. The molecule has 2 aromatic heterocycles. The van der Waals surface area contributed by atoms with Crippen LogP contribution in [-0.2, 0) is 11.2 Å². The quantitative estimate of drug-likeness (QED) is 0.633. The molecule has 16 heavy (non-hydrogen) atoms. The van der Waals surface area contributed by atoms with Crippen LogP contribution in [0.3, 0.4) is 0 Å². The van der Waals surface area contributed by atoms with Crippen molar-refractivity contribution >= 4 is 40.3 Å². The predicted octanol–water partition coefficient (Wildman–Crippen LogP) is 0.375. The standard InChI is InChI=1S/C10H10AsN3OS/c11-13-8(10(15)16)5-7-6-12-14-4-2-1-3-9(7)14/h1-4,6,8,13H,5H2,(H,15,16). The van der Waals surface area contributed by atoms with E-state index in [9.17, 15) is 4.79 Å². The van der Waals surface area contributed by atoms with Crippen LogP contribution in [0.5, 0.6) is 0 Å². The van der Waals surface area contributed by atoms with Crippen LogP contribution in [-0.4, -0.2) is 37.8 Å². The summed E-state index contributed by atoms with van der Waals surface area (Å²) in [5.41, 5.74) is 2.05. The van der Waals surface area contributed by atoms with Crippen LogP contribution in [0.15, 0.2) is 30.6 Å². The summed E-state index contributed by atoms with van der Waals surface area (Å²) in [7, 11) is 0. The maximum atomic E-state index is 11.2. The Morgan fingerprint density at radius 3 is 3.12 bits per heavy atom. The number of nitrogens with zero attached hydrogens (tertiary/aromatic N) is 2. The third-order valence-electron chi connectivity index (χ3n) is 2.38. The van der Waals surface area contributed by atoms with Crippen LogP contribution in [0.25, 0.3) is 5.52 Å². The van der Waals surface area contributed by atoms with Crippen LogP contribution in [0.4, 0.5) is 0 Å². The molecule has 82 valence electrons. The molecule has 2 heterocycles. The average Bonchev–Trinajstić information content (AvgIpc) is 2.69. The fourth-order valence-corrected chi connectivity index (χ4v) is 2.37. The topological polar surface area (TPSA) is 46.4 Å². The van der Waals surface area contributed by atoms with Gasteiger partial charge in [-0.1, -0.05) is 0 Å². The Bertz CT molecular complexity index is 513. The molecule has 4 nitrogen and oxygen atoms in total. The number of fused-ring (bicyclic) bond motifs is 1. The molecule has 0 aliphatic heterocycles. The van der Waals surface area contributed by atoms with Crippen LogP contribution in [0.1, 0.15) is 5.56 Å². The summed E-state index contributed by atoms with van der Waals surface area (Å²) in [5.74, 6) is 0. The van der Waals surface area contributed by atoms with E-state index < -0.39 is 0 Å². The molecule has 1 N–H and O–H groups in total. The molecule has 0 aliphatic rings. The maximum absolute atomic E-state index is 11.2. The normalized spacial score (nSPS) is 12.9. The van der Waals surface area contributed by atoms with Crippen molar-refractivity contribution in [1.82, 2.24) is 13.8 Å². The van der Waals surface area contributed by atoms with Gasteiger partial charge in [-0.15, -0.1) is 0 Å². The summed E-state index contributed by atoms with van der Waals surface area (Å²) < 4.78 is 4.67. The summed E-state index contributed by atoms with van der Waals surface area (Å²) in [6.07, 6.45) is 4.25. The van der Waals surface area contributed by atoms with Gasteiger partial charge in [0.15, 0.2) is 0 Å². The number of carbonyl (C=O) groups excluding carboxylic acids is 1. The molecule has 2 rings (SSSR count). The van der Waals surface area contributed by atoms with E-state index in [4.69, 9.17) is 0 Å². The van der Waals surface area contributed by atoms with Gasteiger partial charge in [0, 0.05) is 0 Å². The number of hydrogen-bond acceptors (Lipinski definition) is 3. The minimum atomic E-state index is -0.295. The van der Waals surface area contributed by atoms with Crippen LogP contribution in [0.2, 0.25) is 0 Å². The molecule has 6 heteroatoms. The third kappa shape index (κ3) is 2.32. The van der Waals surface area contributed by atoms with Gasteiger partial charge in [0.25, 0.3) is 0 Å². The van der Waals surface area contributed by atoms with Gasteiger partial charge in [-0.05, 0) is 0 Å². The van der Waals surface area contributed by atoms with Gasteiger partial charge in [0.2, 0.25) is 0 Å². The Morgan fingerprint density at radius 2 is 2.44 bits per heavy atom. The van der Waals surface area contributed by atoms with Crippen molar-refractivity contribution in [3.8, 4) is 0 Å². The Hall–Kier alpha value is -0.772. The first kappa shape index (κ1) is 11.7. The minimum absolute atomic E-state index is 0.170. The molecular formula is C10H10AsN3OS. The number of thiol groups is 1. The molecule has 1 unspecified atom stereocenters. The van der Waals surface area contributed by atoms with Gasteiger partial charge in [-0.2, -0.15) is 0 Å². The fourth-order valence-electron chi connectivity index (χ4n) is 1.55. The van der Waals surface area contributed by atoms with E-state index in [1.54, 1.807) is 10.7 Å². The van der Waals surface area contributed by atoms with Crippen molar-refractivity contribution in [2.45, 2.75) is 12.5 Å². The van der Waals surface area contributed by atoms with Gasteiger partial charge < -0.3 is 0 Å².